The van der Waals surface area contributed by atoms with E-state index in [0.29, 0.717) is 0 Å². The summed E-state index contributed by atoms with van der Waals surface area (Å²) >= 11 is 0. The fourth-order valence-electron chi connectivity index (χ4n) is 2.82. The van der Waals surface area contributed by atoms with Gasteiger partial charge in [0.25, 0.3) is 0 Å². The van der Waals surface area contributed by atoms with Gasteiger partial charge in [-0.05, 0) is 0 Å². The number of hydrogen-bond acceptors (Lipinski definition) is 4. The molecule has 0 saturated carbocycles. The van der Waals surface area contributed by atoms with E-state index in [9.17, 15) is 0 Å². The van der Waals surface area contributed by atoms with Crippen molar-refractivity contribution in [2.75, 3.05) is 39.4 Å². The Labute approximate surface area is 108 Å². The molecule has 1 N–H and O–H groups in total. The van der Waals surface area contributed by atoms with E-state index in [1.165, 1.54) is 17.2 Å². The van der Waals surface area contributed by atoms with Gasteiger partial charge in [-0.25, -0.2) is 4.98 Å². The molecule has 100 valence electrons. The molecule has 1 aromatic heterocycles. The van der Waals surface area contributed by atoms with Crippen LogP contribution >= 0.6 is 0 Å². The zero-order valence-corrected chi connectivity index (χ0v) is 11.1. The number of imidazole rings is 1. The first-order valence-corrected chi connectivity index (χ1v) is 6.89. The Morgan fingerprint density at radius 2 is 2.17 bits per heavy atom. The molecule has 1 fully saturated rings. The van der Waals surface area contributed by atoms with Crippen LogP contribution in [0.5, 0.6) is 0 Å². The topological polar surface area (TPSA) is 42.3 Å². The SMILES string of the molecule is Cn1c(CCN2CCOCC2)nc2c1CCNC2. The Morgan fingerprint density at radius 3 is 2.94 bits per heavy atom. The largest absolute Gasteiger partial charge is 0.379 e. The number of nitrogens with zero attached hydrogens (tertiary/aromatic N) is 3. The highest BCUT2D eigenvalue weighted by Gasteiger charge is 2.18. The van der Waals surface area contributed by atoms with Gasteiger partial charge in [-0.15, -0.1) is 0 Å². The van der Waals surface area contributed by atoms with E-state index in [-0.39, 0.29) is 0 Å². The molecule has 0 aliphatic carbocycles. The van der Waals surface area contributed by atoms with Gasteiger partial charge in [-0.2, -0.15) is 0 Å². The van der Waals surface area contributed by atoms with Gasteiger partial charge in [0.2, 0.25) is 0 Å². The van der Waals surface area contributed by atoms with Crippen molar-refractivity contribution >= 4 is 0 Å². The number of hydrogen-bond donors (Lipinski definition) is 1. The molecule has 0 unspecified atom stereocenters. The molecule has 1 saturated heterocycles. The van der Waals surface area contributed by atoms with Gasteiger partial charge in [0, 0.05) is 58.3 Å². The highest BCUT2D eigenvalue weighted by Crippen LogP contribution is 2.15. The number of nitrogens with one attached hydrogen (secondary N) is 1. The molecule has 3 rings (SSSR count). The van der Waals surface area contributed by atoms with Crippen molar-refractivity contribution in [3.63, 3.8) is 0 Å². The summed E-state index contributed by atoms with van der Waals surface area (Å²) < 4.78 is 7.67. The quantitative estimate of drug-likeness (QED) is 0.816. The molecule has 2 aliphatic heterocycles. The summed E-state index contributed by atoms with van der Waals surface area (Å²) in [4.78, 5) is 7.24. The van der Waals surface area contributed by atoms with Crippen LogP contribution in [0.1, 0.15) is 17.2 Å². The number of aromatic nitrogens is 2. The smallest absolute Gasteiger partial charge is 0.110 e. The molecule has 0 atom stereocenters. The molecule has 2 aliphatic rings. The maximum atomic E-state index is 5.37. The van der Waals surface area contributed by atoms with Gasteiger partial charge in [-0.1, -0.05) is 0 Å². The summed E-state index contributed by atoms with van der Waals surface area (Å²) in [7, 11) is 2.16. The highest BCUT2D eigenvalue weighted by atomic mass is 16.5. The van der Waals surface area contributed by atoms with Crippen molar-refractivity contribution < 1.29 is 4.74 Å². The van der Waals surface area contributed by atoms with E-state index in [0.717, 1.165) is 58.8 Å². The molecule has 0 amide bonds. The van der Waals surface area contributed by atoms with Gasteiger partial charge in [0.1, 0.15) is 5.82 Å². The summed E-state index contributed by atoms with van der Waals surface area (Å²) in [6.45, 7) is 6.98. The minimum Gasteiger partial charge on any atom is -0.379 e. The van der Waals surface area contributed by atoms with Gasteiger partial charge in [-0.3, -0.25) is 4.90 Å². The number of morpholine rings is 1. The predicted molar refractivity (Wildman–Crippen MR) is 69.6 cm³/mol. The number of ether oxygens (including phenoxy) is 1. The molecule has 0 radical (unpaired) electrons. The van der Waals surface area contributed by atoms with Gasteiger partial charge in [0.15, 0.2) is 0 Å². The van der Waals surface area contributed by atoms with E-state index < -0.39 is 0 Å². The Kier molecular flexibility index (Phi) is 3.63. The zero-order valence-electron chi connectivity index (χ0n) is 11.1. The van der Waals surface area contributed by atoms with Crippen LogP contribution in [0.25, 0.3) is 0 Å². The van der Waals surface area contributed by atoms with Crippen LogP contribution in [-0.4, -0.2) is 53.8 Å². The van der Waals surface area contributed by atoms with Crippen LogP contribution in [0.4, 0.5) is 0 Å². The van der Waals surface area contributed by atoms with Crippen LogP contribution in [0.15, 0.2) is 0 Å². The minimum absolute atomic E-state index is 0.876. The van der Waals surface area contributed by atoms with Crippen LogP contribution in [-0.2, 0) is 31.2 Å². The molecule has 5 heteroatoms. The second-order valence-electron chi connectivity index (χ2n) is 5.11. The first kappa shape index (κ1) is 12.1. The summed E-state index contributed by atoms with van der Waals surface area (Å²) in [6.07, 6.45) is 2.15. The second-order valence-corrected chi connectivity index (χ2v) is 5.11. The Morgan fingerprint density at radius 1 is 1.33 bits per heavy atom. The lowest BCUT2D eigenvalue weighted by atomic mass is 10.2. The second kappa shape index (κ2) is 5.38. The standard InChI is InChI=1S/C13H22N4O/c1-16-12-2-4-14-10-11(12)15-13(16)3-5-17-6-8-18-9-7-17/h14H,2-10H2,1H3. The van der Waals surface area contributed by atoms with Crippen molar-refractivity contribution in [2.24, 2.45) is 7.05 Å². The number of fused-ring (bicyclic) bond motifs is 1. The fraction of sp³-hybridized carbons (Fsp3) is 0.769. The van der Waals surface area contributed by atoms with Crippen molar-refractivity contribution in [1.82, 2.24) is 19.8 Å². The van der Waals surface area contributed by atoms with Gasteiger partial charge < -0.3 is 14.6 Å². The Bertz CT molecular complexity index is 409. The summed E-state index contributed by atoms with van der Waals surface area (Å²) in [6, 6.07) is 0. The molecular weight excluding hydrogens is 228 g/mol. The normalized spacial score (nSPS) is 20.9. The third kappa shape index (κ3) is 2.43. The van der Waals surface area contributed by atoms with E-state index in [1.807, 2.05) is 0 Å². The summed E-state index contributed by atoms with van der Waals surface area (Å²) in [5.74, 6) is 1.23. The van der Waals surface area contributed by atoms with Crippen LogP contribution in [0.2, 0.25) is 0 Å². The molecule has 3 heterocycles. The van der Waals surface area contributed by atoms with Crippen molar-refractivity contribution in [3.8, 4) is 0 Å². The molecule has 0 spiro atoms. The van der Waals surface area contributed by atoms with E-state index >= 15 is 0 Å². The molecule has 1 aromatic rings. The highest BCUT2D eigenvalue weighted by molar-refractivity contribution is 5.20. The molecule has 0 bridgehead atoms. The lowest BCUT2D eigenvalue weighted by molar-refractivity contribution is 0.0381. The van der Waals surface area contributed by atoms with Gasteiger partial charge >= 0.3 is 0 Å². The Hall–Kier alpha value is -0.910. The third-order valence-electron chi connectivity index (χ3n) is 3.98. The monoisotopic (exact) mass is 250 g/mol. The first-order chi connectivity index (χ1) is 8.84. The number of rotatable bonds is 3. The predicted octanol–water partition coefficient (Wildman–Crippen LogP) is -0.0595. The lowest BCUT2D eigenvalue weighted by Gasteiger charge is -2.26. The summed E-state index contributed by atoms with van der Waals surface area (Å²) in [5, 5.41) is 3.38. The van der Waals surface area contributed by atoms with Crippen molar-refractivity contribution in [3.05, 3.63) is 17.2 Å². The summed E-state index contributed by atoms with van der Waals surface area (Å²) in [5.41, 5.74) is 2.67. The average molecular weight is 250 g/mol. The van der Waals surface area contributed by atoms with Crippen LogP contribution < -0.4 is 5.32 Å². The average Bonchev–Trinajstić information content (AvgIpc) is 2.75. The van der Waals surface area contributed by atoms with E-state index in [4.69, 9.17) is 9.72 Å². The van der Waals surface area contributed by atoms with Crippen LogP contribution in [0.3, 0.4) is 0 Å². The lowest BCUT2D eigenvalue weighted by Crippen LogP contribution is -2.37. The first-order valence-electron chi connectivity index (χ1n) is 6.89. The minimum atomic E-state index is 0.876. The van der Waals surface area contributed by atoms with E-state index in [1.54, 1.807) is 0 Å². The van der Waals surface area contributed by atoms with E-state index in [2.05, 4.69) is 21.8 Å². The molecule has 18 heavy (non-hydrogen) atoms. The molecule has 0 aromatic carbocycles. The zero-order chi connectivity index (χ0) is 12.4. The van der Waals surface area contributed by atoms with Gasteiger partial charge in [0.05, 0.1) is 18.9 Å². The molecular formula is C13H22N4O. The fourth-order valence-corrected chi connectivity index (χ4v) is 2.82. The third-order valence-corrected chi connectivity index (χ3v) is 3.98. The van der Waals surface area contributed by atoms with Crippen molar-refractivity contribution in [2.45, 2.75) is 19.4 Å². The molecule has 5 nitrogen and oxygen atoms in total. The van der Waals surface area contributed by atoms with Crippen LogP contribution in [0, 0.1) is 0 Å². The maximum absolute atomic E-state index is 5.37. The maximum Gasteiger partial charge on any atom is 0.110 e. The Balaban J connectivity index is 1.63. The van der Waals surface area contributed by atoms with Crippen molar-refractivity contribution in [1.29, 1.82) is 0 Å².